The van der Waals surface area contributed by atoms with Gasteiger partial charge in [-0.2, -0.15) is 5.26 Å². The van der Waals surface area contributed by atoms with Crippen LogP contribution in [0.25, 0.3) is 0 Å². The van der Waals surface area contributed by atoms with Gasteiger partial charge in [-0.25, -0.2) is 4.79 Å². The van der Waals surface area contributed by atoms with Gasteiger partial charge in [-0.3, -0.25) is 14.4 Å². The zero-order valence-corrected chi connectivity index (χ0v) is 44.5. The Hall–Kier alpha value is -3.81. The number of hydrogen-bond donors (Lipinski definition) is 5. The number of Topliss-reactive ketones (excluding diaryl/α,β-unsaturated/α-hetero) is 1. The van der Waals surface area contributed by atoms with Crippen LogP contribution >= 0.6 is 0 Å². The molecule has 0 spiro atoms. The number of esters is 1. The number of amides is 2. The lowest BCUT2D eigenvalue weighted by molar-refractivity contribution is -0.319. The van der Waals surface area contributed by atoms with Crippen molar-refractivity contribution >= 4 is 23.8 Å². The molecule has 1 aromatic rings. The summed E-state index contributed by atoms with van der Waals surface area (Å²) in [6.45, 7) is 17.6. The molecule has 5 N–H and O–H groups in total. The number of carbonyl (C=O) groups is 4. The summed E-state index contributed by atoms with van der Waals surface area (Å²) in [6, 6.07) is 8.55. The summed E-state index contributed by atoms with van der Waals surface area (Å²) < 4.78 is 51.0. The van der Waals surface area contributed by atoms with Crippen LogP contribution in [0.2, 0.25) is 0 Å². The van der Waals surface area contributed by atoms with Crippen LogP contribution < -0.4 is 10.6 Å². The monoisotopic (exact) mass is 1000 g/mol. The maximum absolute atomic E-state index is 14.5. The average molecular weight is 1010 g/mol. The Morgan fingerprint density at radius 2 is 1.48 bits per heavy atom. The molecule has 18 atom stereocenters. The van der Waals surface area contributed by atoms with Gasteiger partial charge in [0, 0.05) is 57.5 Å². The van der Waals surface area contributed by atoms with Crippen molar-refractivity contribution in [1.82, 2.24) is 15.5 Å². The number of hydrogen-bond acceptors (Lipinski definition) is 17. The van der Waals surface area contributed by atoms with Gasteiger partial charge < -0.3 is 68.7 Å². The minimum atomic E-state index is -2.02. The molecule has 19 nitrogen and oxygen atoms in total. The normalized spacial score (nSPS) is 38.6. The molecule has 402 valence electrons. The zero-order valence-electron chi connectivity index (χ0n) is 44.5. The van der Waals surface area contributed by atoms with Crippen molar-refractivity contribution in [3.8, 4) is 6.07 Å². The number of methoxy groups -OCH3 is 2. The third-order valence-electron chi connectivity index (χ3n) is 15.1. The summed E-state index contributed by atoms with van der Waals surface area (Å²) in [7, 11) is 6.71. The van der Waals surface area contributed by atoms with Crippen molar-refractivity contribution in [2.24, 2.45) is 23.7 Å². The molecule has 0 aliphatic carbocycles. The minimum Gasteiger partial charge on any atom is -0.459 e. The molecule has 0 saturated carbocycles. The number of benzene rings is 1. The molecule has 4 rings (SSSR count). The van der Waals surface area contributed by atoms with Gasteiger partial charge in [0.2, 0.25) is 5.91 Å². The smallest absolute Gasteiger partial charge is 0.407 e. The Morgan fingerprint density at radius 1 is 0.873 bits per heavy atom. The van der Waals surface area contributed by atoms with Crippen LogP contribution in [-0.4, -0.2) is 170 Å². The highest BCUT2D eigenvalue weighted by Crippen LogP contribution is 2.42. The maximum Gasteiger partial charge on any atom is 0.407 e. The summed E-state index contributed by atoms with van der Waals surface area (Å²) in [6.07, 6.45) is -8.96. The number of alkyl carbamates (subject to hydrolysis) is 1. The Bertz CT molecular complexity index is 1950. The highest BCUT2D eigenvalue weighted by atomic mass is 16.7. The van der Waals surface area contributed by atoms with Crippen LogP contribution in [0.5, 0.6) is 0 Å². The quantitative estimate of drug-likeness (QED) is 0.115. The summed E-state index contributed by atoms with van der Waals surface area (Å²) in [5.74, 6) is -4.97. The fourth-order valence-electron chi connectivity index (χ4n) is 10.6. The predicted molar refractivity (Wildman–Crippen MR) is 260 cm³/mol. The number of aliphatic hydroxyl groups is 3. The largest absolute Gasteiger partial charge is 0.459 e. The molecule has 0 bridgehead atoms. The molecule has 71 heavy (non-hydrogen) atoms. The molecule has 0 radical (unpaired) electrons. The molecule has 2 amide bonds. The van der Waals surface area contributed by atoms with E-state index in [0.717, 1.165) is 5.56 Å². The van der Waals surface area contributed by atoms with Gasteiger partial charge in [-0.05, 0) is 105 Å². The van der Waals surface area contributed by atoms with E-state index in [1.54, 1.807) is 65.8 Å². The molecular weight excluding hydrogens is 921 g/mol. The lowest BCUT2D eigenvalue weighted by Gasteiger charge is -2.50. The first kappa shape index (κ1) is 59.8. The van der Waals surface area contributed by atoms with Crippen LogP contribution in [-0.2, 0) is 58.7 Å². The molecule has 3 saturated heterocycles. The number of cyclic esters (lactones) is 1. The van der Waals surface area contributed by atoms with Crippen molar-refractivity contribution < 1.29 is 72.4 Å². The minimum absolute atomic E-state index is 0.0282. The van der Waals surface area contributed by atoms with Gasteiger partial charge in [0.15, 0.2) is 18.7 Å². The van der Waals surface area contributed by atoms with Crippen LogP contribution in [0.15, 0.2) is 24.3 Å². The van der Waals surface area contributed by atoms with Crippen molar-refractivity contribution in [3.63, 3.8) is 0 Å². The van der Waals surface area contributed by atoms with Crippen molar-refractivity contribution in [3.05, 3.63) is 35.4 Å². The number of aliphatic hydroxyl groups excluding tert-OH is 2. The molecule has 3 aliphatic heterocycles. The van der Waals surface area contributed by atoms with Crippen LogP contribution in [0, 0.1) is 35.0 Å². The van der Waals surface area contributed by atoms with E-state index in [1.165, 1.54) is 28.1 Å². The number of nitrogens with one attached hydrogen (secondary N) is 2. The number of nitriles is 1. The number of likely N-dealkylation sites (N-methyl/N-ethyl adjacent to an activating group) is 1. The zero-order chi connectivity index (χ0) is 53.2. The lowest BCUT2D eigenvalue weighted by atomic mass is 9.74. The van der Waals surface area contributed by atoms with Crippen LogP contribution in [0.4, 0.5) is 4.79 Å². The second-order valence-corrected chi connectivity index (χ2v) is 21.0. The second-order valence-electron chi connectivity index (χ2n) is 21.0. The molecule has 3 fully saturated rings. The van der Waals surface area contributed by atoms with Gasteiger partial charge in [-0.1, -0.05) is 39.8 Å². The highest BCUT2D eigenvalue weighted by molar-refractivity contribution is 5.83. The van der Waals surface area contributed by atoms with Crippen molar-refractivity contribution in [1.29, 1.82) is 5.26 Å². The number of ether oxygens (including phenoxy) is 8. The van der Waals surface area contributed by atoms with E-state index in [-0.39, 0.29) is 56.1 Å². The summed E-state index contributed by atoms with van der Waals surface area (Å²) >= 11 is 0. The Labute approximate surface area is 420 Å². The van der Waals surface area contributed by atoms with E-state index < -0.39 is 108 Å². The van der Waals surface area contributed by atoms with Gasteiger partial charge in [0.05, 0.1) is 60.1 Å². The second kappa shape index (κ2) is 25.9. The number of rotatable bonds is 16. The van der Waals surface area contributed by atoms with E-state index in [2.05, 4.69) is 16.7 Å². The Morgan fingerprint density at radius 3 is 2.06 bits per heavy atom. The van der Waals surface area contributed by atoms with Crippen LogP contribution in [0.1, 0.15) is 119 Å². The predicted octanol–water partition coefficient (Wildman–Crippen LogP) is 4.18. The van der Waals surface area contributed by atoms with E-state index in [0.29, 0.717) is 31.4 Å². The number of carbonyl (C=O) groups excluding carboxylic acids is 4. The summed E-state index contributed by atoms with van der Waals surface area (Å²) in [4.78, 5) is 56.3. The van der Waals surface area contributed by atoms with Crippen molar-refractivity contribution in [2.75, 3.05) is 41.4 Å². The fourth-order valence-corrected chi connectivity index (χ4v) is 10.6. The Balaban J connectivity index is 1.58. The third-order valence-corrected chi connectivity index (χ3v) is 15.1. The maximum atomic E-state index is 14.5. The summed E-state index contributed by atoms with van der Waals surface area (Å²) in [5.41, 5.74) is -3.20. The van der Waals surface area contributed by atoms with E-state index in [9.17, 15) is 34.5 Å². The van der Waals surface area contributed by atoms with Gasteiger partial charge in [-0.15, -0.1) is 0 Å². The average Bonchev–Trinajstić information content (AvgIpc) is 3.33. The number of ketones is 1. The summed E-state index contributed by atoms with van der Waals surface area (Å²) in [5, 5.41) is 49.8. The molecule has 0 aromatic heterocycles. The van der Waals surface area contributed by atoms with E-state index >= 15 is 0 Å². The van der Waals surface area contributed by atoms with Gasteiger partial charge in [0.1, 0.15) is 29.2 Å². The lowest BCUT2D eigenvalue weighted by Crippen LogP contribution is -2.62. The van der Waals surface area contributed by atoms with Gasteiger partial charge in [0.25, 0.3) is 0 Å². The molecule has 1 unspecified atom stereocenters. The first-order valence-corrected chi connectivity index (χ1v) is 25.2. The fraction of sp³-hybridized carbons (Fsp3) is 0.788. The molecule has 1 aromatic carbocycles. The molecular formula is C52H84N4O15. The van der Waals surface area contributed by atoms with E-state index in [1.807, 2.05) is 32.8 Å². The number of unbranched alkanes of at least 4 members (excludes halogenated alkanes) is 1. The number of nitrogens with zero attached hydrogens (tertiary/aromatic N) is 2. The molecule has 3 aliphatic rings. The highest BCUT2D eigenvalue weighted by Gasteiger charge is 2.55. The molecule has 19 heteroatoms. The topological polar surface area (TPSA) is 254 Å². The standard InChI is InChI=1S/C52H84N4O15/c1-15-38-52(10,63)44(60)31(4)41(58)29(2)26-50(8,64-13)45(70-48-42(59)37(56(11)12)24-30(3)66-48)32(5)43(33(6)47(61)68-38)69-40-27-51(9,65-14)46(34(7)67-40)71-49(62)55-23-17-16-22-54-39(57)25-35-18-20-36(28-53)21-19-35/h18-21,29-34,37-38,40,42-46,48,59-60,63H,15-17,22-27H2,1-14H3,(H,54,57)(H,55,62)/t29-,30-,31-,32-,33-,34+,37+,38+,40+,42-,43+,44+,45?,46+,48+,50-,51-,52-/m1/s1. The Kier molecular flexibility index (Phi) is 21.8. The van der Waals surface area contributed by atoms with E-state index in [4.69, 9.17) is 43.2 Å². The van der Waals surface area contributed by atoms with Crippen molar-refractivity contribution in [2.45, 2.75) is 198 Å². The molecule has 3 heterocycles. The first-order valence-electron chi connectivity index (χ1n) is 25.2. The third kappa shape index (κ3) is 14.9. The first-order chi connectivity index (χ1) is 33.3. The van der Waals surface area contributed by atoms with Gasteiger partial charge >= 0.3 is 12.1 Å². The SMILES string of the molecule is CC[C@@H]1OC(=O)[C@H](C)[C@@H](O[C@H]2C[C@@](C)(OC)[C@@H](OC(=O)NCCCCNC(=O)Cc3ccc(C#N)cc3)[C@H](C)O2)[C@@H](C)C(O[C@@H]2O[C@H](C)C[C@H](N(C)C)[C@H]2O)[C@](C)(OC)C[C@@H](C)C(=O)[C@@H](C)[C@H](O)[C@]1(C)O. The van der Waals surface area contributed by atoms with Crippen LogP contribution in [0.3, 0.4) is 0 Å².